The number of aromatic nitrogens is 6. The van der Waals surface area contributed by atoms with Gasteiger partial charge in [0.1, 0.15) is 12.4 Å². The molecule has 0 bridgehead atoms. The van der Waals surface area contributed by atoms with Gasteiger partial charge in [-0.2, -0.15) is 13.2 Å². The van der Waals surface area contributed by atoms with Gasteiger partial charge >= 0.3 is 6.18 Å². The quantitative estimate of drug-likeness (QED) is 0.696. The third kappa shape index (κ3) is 2.51. The first-order valence-corrected chi connectivity index (χ1v) is 8.32. The highest BCUT2D eigenvalue weighted by atomic mass is 19.4. The Balaban J connectivity index is 1.89. The van der Waals surface area contributed by atoms with E-state index < -0.39 is 22.7 Å². The molecule has 0 saturated heterocycles. The maximum atomic E-state index is 13.4. The van der Waals surface area contributed by atoms with E-state index in [2.05, 4.69) is 15.2 Å². The molecule has 3 aromatic heterocycles. The Morgan fingerprint density at radius 1 is 1.23 bits per heavy atom. The smallest absolute Gasteiger partial charge is 0.313 e. The minimum atomic E-state index is -4.63. The molecule has 7 nitrogen and oxygen atoms in total. The summed E-state index contributed by atoms with van der Waals surface area (Å²) < 4.78 is 44.8. The summed E-state index contributed by atoms with van der Waals surface area (Å²) in [6.45, 7) is 2.28. The number of rotatable bonds is 2. The number of nitrogens with zero attached hydrogens (tertiary/aromatic N) is 6. The molecular formula is C16H17F3N6O. The summed E-state index contributed by atoms with van der Waals surface area (Å²) in [4.78, 5) is 16.9. The third-order valence-electron chi connectivity index (χ3n) is 4.78. The minimum absolute atomic E-state index is 0.0145. The van der Waals surface area contributed by atoms with Gasteiger partial charge in [0.15, 0.2) is 11.5 Å². The first kappa shape index (κ1) is 16.8. The number of alkyl halides is 3. The van der Waals surface area contributed by atoms with E-state index in [0.717, 1.165) is 37.7 Å². The monoisotopic (exact) mass is 366 g/mol. The Bertz CT molecular complexity index is 1060. The molecule has 0 aromatic carbocycles. The van der Waals surface area contributed by atoms with Crippen molar-refractivity contribution < 1.29 is 13.2 Å². The molecule has 138 valence electrons. The van der Waals surface area contributed by atoms with Crippen LogP contribution >= 0.6 is 0 Å². The van der Waals surface area contributed by atoms with Gasteiger partial charge in [0.25, 0.3) is 5.56 Å². The van der Waals surface area contributed by atoms with Crippen LogP contribution in [-0.4, -0.2) is 29.1 Å². The Morgan fingerprint density at radius 3 is 2.73 bits per heavy atom. The fraction of sp³-hybridized carbons (Fsp3) is 0.500. The van der Waals surface area contributed by atoms with Gasteiger partial charge in [-0.05, 0) is 25.8 Å². The zero-order valence-corrected chi connectivity index (χ0v) is 14.3. The zero-order valence-electron chi connectivity index (χ0n) is 14.3. The summed E-state index contributed by atoms with van der Waals surface area (Å²) in [5.41, 5.74) is -1.46. The Labute approximate surface area is 146 Å². The van der Waals surface area contributed by atoms with E-state index in [1.807, 2.05) is 4.57 Å². The van der Waals surface area contributed by atoms with Crippen LogP contribution < -0.4 is 5.56 Å². The summed E-state index contributed by atoms with van der Waals surface area (Å²) in [6, 6.07) is 0.910. The molecule has 0 amide bonds. The first-order chi connectivity index (χ1) is 12.3. The molecule has 0 spiro atoms. The average Bonchev–Trinajstić information content (AvgIpc) is 3.09. The largest absolute Gasteiger partial charge is 0.417 e. The molecule has 4 heterocycles. The third-order valence-corrected chi connectivity index (χ3v) is 4.78. The van der Waals surface area contributed by atoms with Gasteiger partial charge in [0.05, 0.1) is 10.9 Å². The van der Waals surface area contributed by atoms with E-state index in [-0.39, 0.29) is 17.9 Å². The van der Waals surface area contributed by atoms with Crippen molar-refractivity contribution in [1.29, 1.82) is 0 Å². The second-order valence-electron chi connectivity index (χ2n) is 6.54. The Kier molecular flexibility index (Phi) is 3.67. The van der Waals surface area contributed by atoms with Gasteiger partial charge in [-0.3, -0.25) is 9.48 Å². The van der Waals surface area contributed by atoms with Crippen LogP contribution in [0.3, 0.4) is 0 Å². The average molecular weight is 366 g/mol. The highest BCUT2D eigenvalue weighted by Gasteiger charge is 2.36. The molecular weight excluding hydrogens is 349 g/mol. The number of hydrogen-bond donors (Lipinski definition) is 0. The second-order valence-corrected chi connectivity index (χ2v) is 6.54. The van der Waals surface area contributed by atoms with Gasteiger partial charge in [0, 0.05) is 25.7 Å². The second kappa shape index (κ2) is 5.68. The minimum Gasteiger partial charge on any atom is -0.313 e. The maximum Gasteiger partial charge on any atom is 0.417 e. The number of pyridine rings is 1. The molecule has 10 heteroatoms. The van der Waals surface area contributed by atoms with Crippen LogP contribution in [0.1, 0.15) is 35.7 Å². The van der Waals surface area contributed by atoms with Gasteiger partial charge in [-0.25, -0.2) is 9.67 Å². The normalized spacial score (nSPS) is 14.8. The molecule has 3 aromatic rings. The Hall–Kier alpha value is -2.65. The van der Waals surface area contributed by atoms with Crippen molar-refractivity contribution in [3.05, 3.63) is 39.3 Å². The number of aryl methyl sites for hydroxylation is 3. The van der Waals surface area contributed by atoms with Crippen molar-refractivity contribution in [3.63, 3.8) is 0 Å². The fourth-order valence-electron chi connectivity index (χ4n) is 3.50. The number of halogens is 3. The van der Waals surface area contributed by atoms with Crippen molar-refractivity contribution in [2.45, 2.75) is 45.5 Å². The van der Waals surface area contributed by atoms with Crippen molar-refractivity contribution in [2.75, 3.05) is 0 Å². The van der Waals surface area contributed by atoms with E-state index >= 15 is 0 Å². The molecule has 0 atom stereocenters. The molecule has 1 aliphatic heterocycles. The van der Waals surface area contributed by atoms with Crippen LogP contribution in [0.4, 0.5) is 13.2 Å². The molecule has 0 fully saturated rings. The predicted molar refractivity (Wildman–Crippen MR) is 86.8 cm³/mol. The summed E-state index contributed by atoms with van der Waals surface area (Å²) in [6.07, 6.45) is -1.79. The van der Waals surface area contributed by atoms with E-state index in [4.69, 9.17) is 0 Å². The summed E-state index contributed by atoms with van der Waals surface area (Å²) in [7, 11) is 1.53. The maximum absolute atomic E-state index is 13.4. The highest BCUT2D eigenvalue weighted by molar-refractivity contribution is 5.79. The first-order valence-electron chi connectivity index (χ1n) is 8.32. The molecule has 0 radical (unpaired) electrons. The van der Waals surface area contributed by atoms with Crippen LogP contribution in [0, 0.1) is 6.92 Å². The SMILES string of the molecule is Cc1cc(C(F)(F)F)c2c(=O)n(Cc3nnc4n3CCCC4)n(C)c2n1. The van der Waals surface area contributed by atoms with Crippen LogP contribution in [0.25, 0.3) is 11.0 Å². The molecule has 0 N–H and O–H groups in total. The molecule has 0 unspecified atom stereocenters. The lowest BCUT2D eigenvalue weighted by atomic mass is 10.1. The zero-order chi connectivity index (χ0) is 18.6. The summed E-state index contributed by atoms with van der Waals surface area (Å²) in [5, 5.41) is 7.85. The lowest BCUT2D eigenvalue weighted by Crippen LogP contribution is -2.25. The molecule has 4 rings (SSSR count). The van der Waals surface area contributed by atoms with Crippen LogP contribution in [-0.2, 0) is 32.7 Å². The van der Waals surface area contributed by atoms with E-state index in [1.165, 1.54) is 23.3 Å². The number of fused-ring (bicyclic) bond motifs is 2. The molecule has 0 saturated carbocycles. The van der Waals surface area contributed by atoms with Crippen molar-refractivity contribution >= 4 is 11.0 Å². The standard InChI is InChI=1S/C16H17F3N6O/c1-9-7-10(16(17,18)19)13-14(20-9)23(2)25(15(13)26)8-12-22-21-11-5-3-4-6-24(11)12/h7H,3-6,8H2,1-2H3. The number of hydrogen-bond acceptors (Lipinski definition) is 4. The summed E-state index contributed by atoms with van der Waals surface area (Å²) in [5.74, 6) is 1.42. The topological polar surface area (TPSA) is 70.5 Å². The Morgan fingerprint density at radius 2 is 2.00 bits per heavy atom. The summed E-state index contributed by atoms with van der Waals surface area (Å²) >= 11 is 0. The van der Waals surface area contributed by atoms with Crippen LogP contribution in [0.2, 0.25) is 0 Å². The van der Waals surface area contributed by atoms with Gasteiger partial charge < -0.3 is 4.57 Å². The fourth-order valence-corrected chi connectivity index (χ4v) is 3.50. The van der Waals surface area contributed by atoms with E-state index in [0.29, 0.717) is 5.82 Å². The molecule has 1 aliphatic rings. The molecule has 26 heavy (non-hydrogen) atoms. The van der Waals surface area contributed by atoms with Gasteiger partial charge in [-0.1, -0.05) is 0 Å². The van der Waals surface area contributed by atoms with E-state index in [1.54, 1.807) is 0 Å². The molecule has 0 aliphatic carbocycles. The van der Waals surface area contributed by atoms with E-state index in [9.17, 15) is 18.0 Å². The predicted octanol–water partition coefficient (Wildman–Crippen LogP) is 2.04. The lowest BCUT2D eigenvalue weighted by Gasteiger charge is -2.15. The van der Waals surface area contributed by atoms with Crippen molar-refractivity contribution in [3.8, 4) is 0 Å². The van der Waals surface area contributed by atoms with Gasteiger partial charge in [0.2, 0.25) is 0 Å². The highest BCUT2D eigenvalue weighted by Crippen LogP contribution is 2.33. The van der Waals surface area contributed by atoms with Crippen LogP contribution in [0.5, 0.6) is 0 Å². The van der Waals surface area contributed by atoms with Gasteiger partial charge in [-0.15, -0.1) is 10.2 Å². The van der Waals surface area contributed by atoms with Crippen molar-refractivity contribution in [1.82, 2.24) is 29.1 Å². The van der Waals surface area contributed by atoms with Crippen LogP contribution in [0.15, 0.2) is 10.9 Å². The lowest BCUT2D eigenvalue weighted by molar-refractivity contribution is -0.136. The van der Waals surface area contributed by atoms with Crippen molar-refractivity contribution in [2.24, 2.45) is 7.05 Å².